The first-order valence-electron chi connectivity index (χ1n) is 4.69. The molecule has 1 aromatic heterocycles. The van der Waals surface area contributed by atoms with Gasteiger partial charge in [0.15, 0.2) is 5.82 Å². The molecule has 0 aliphatic heterocycles. The molecule has 0 bridgehead atoms. The number of rotatable bonds is 2. The van der Waals surface area contributed by atoms with E-state index in [1.807, 2.05) is 19.1 Å². The molecule has 2 aromatic rings. The Labute approximate surface area is 82.8 Å². The summed E-state index contributed by atoms with van der Waals surface area (Å²) in [5.41, 5.74) is 2.27. The van der Waals surface area contributed by atoms with E-state index in [1.165, 1.54) is 5.56 Å². The van der Waals surface area contributed by atoms with E-state index in [0.717, 1.165) is 12.0 Å². The van der Waals surface area contributed by atoms with Crippen molar-refractivity contribution in [3.05, 3.63) is 35.7 Å². The number of nitrogens with zero attached hydrogens (tertiary/aromatic N) is 2. The summed E-state index contributed by atoms with van der Waals surface area (Å²) in [6, 6.07) is 8.15. The van der Waals surface area contributed by atoms with Gasteiger partial charge in [-0.05, 0) is 31.0 Å². The molecule has 0 aliphatic carbocycles. The molecule has 2 rings (SSSR count). The Kier molecular flexibility index (Phi) is 2.31. The van der Waals surface area contributed by atoms with Crippen LogP contribution in [0.1, 0.15) is 18.3 Å². The van der Waals surface area contributed by atoms with Gasteiger partial charge < -0.3 is 4.52 Å². The zero-order chi connectivity index (χ0) is 9.97. The first-order chi connectivity index (χ1) is 6.79. The van der Waals surface area contributed by atoms with Crippen molar-refractivity contribution in [1.29, 1.82) is 0 Å². The largest absolute Gasteiger partial charge is 0.334 e. The maximum atomic E-state index is 5.09. The van der Waals surface area contributed by atoms with Gasteiger partial charge in [-0.3, -0.25) is 0 Å². The lowest BCUT2D eigenvalue weighted by Gasteiger charge is -1.97. The van der Waals surface area contributed by atoms with Crippen LogP contribution in [0.5, 0.6) is 0 Å². The maximum absolute atomic E-state index is 5.09. The van der Waals surface area contributed by atoms with E-state index in [-0.39, 0.29) is 0 Å². The van der Waals surface area contributed by atoms with E-state index < -0.39 is 0 Å². The second kappa shape index (κ2) is 3.62. The van der Waals surface area contributed by atoms with Gasteiger partial charge in [0, 0.05) is 5.56 Å². The third-order valence-corrected chi connectivity index (χ3v) is 2.11. The molecule has 1 heterocycles. The molecule has 0 atom stereocenters. The molecule has 72 valence electrons. The fourth-order valence-corrected chi connectivity index (χ4v) is 1.34. The Hall–Kier alpha value is -1.64. The highest BCUT2D eigenvalue weighted by molar-refractivity contribution is 5.53. The predicted molar refractivity (Wildman–Crippen MR) is 53.8 cm³/mol. The molecule has 3 heteroatoms. The van der Waals surface area contributed by atoms with Crippen LogP contribution in [0.25, 0.3) is 11.5 Å². The first-order valence-corrected chi connectivity index (χ1v) is 4.69. The smallest absolute Gasteiger partial charge is 0.257 e. The third kappa shape index (κ3) is 1.66. The van der Waals surface area contributed by atoms with Crippen LogP contribution in [-0.4, -0.2) is 10.1 Å². The quantitative estimate of drug-likeness (QED) is 0.727. The van der Waals surface area contributed by atoms with Crippen LogP contribution in [0.3, 0.4) is 0 Å². The topological polar surface area (TPSA) is 38.9 Å². The summed E-state index contributed by atoms with van der Waals surface area (Å²) in [7, 11) is 0. The van der Waals surface area contributed by atoms with Crippen molar-refractivity contribution in [2.75, 3.05) is 0 Å². The molecule has 0 spiro atoms. The van der Waals surface area contributed by atoms with Gasteiger partial charge in [0.25, 0.3) is 5.89 Å². The Morgan fingerprint density at radius 2 is 2.21 bits per heavy atom. The summed E-state index contributed by atoms with van der Waals surface area (Å²) >= 11 is 0. The van der Waals surface area contributed by atoms with Crippen LogP contribution in [0.15, 0.2) is 28.8 Å². The van der Waals surface area contributed by atoms with Gasteiger partial charge in [0.05, 0.1) is 0 Å². The van der Waals surface area contributed by atoms with Crippen LogP contribution >= 0.6 is 0 Å². The zero-order valence-electron chi connectivity index (χ0n) is 8.32. The Bertz CT molecular complexity index is 434. The van der Waals surface area contributed by atoms with Crippen LogP contribution in [0.4, 0.5) is 0 Å². The molecule has 0 aliphatic rings. The second-order valence-corrected chi connectivity index (χ2v) is 3.20. The fraction of sp³-hybridized carbons (Fsp3) is 0.273. The highest BCUT2D eigenvalue weighted by Gasteiger charge is 2.05. The minimum Gasteiger partial charge on any atom is -0.334 e. The molecule has 3 nitrogen and oxygen atoms in total. The lowest BCUT2D eigenvalue weighted by Crippen LogP contribution is -1.82. The second-order valence-electron chi connectivity index (χ2n) is 3.20. The van der Waals surface area contributed by atoms with Crippen LogP contribution in [-0.2, 0) is 6.42 Å². The van der Waals surface area contributed by atoms with Crippen molar-refractivity contribution in [3.8, 4) is 11.5 Å². The van der Waals surface area contributed by atoms with Crippen LogP contribution in [0, 0.1) is 6.92 Å². The van der Waals surface area contributed by atoms with E-state index in [0.29, 0.717) is 11.7 Å². The number of hydrogen-bond donors (Lipinski definition) is 0. The third-order valence-electron chi connectivity index (χ3n) is 2.11. The molecule has 0 N–H and O–H groups in total. The summed E-state index contributed by atoms with van der Waals surface area (Å²) in [6.07, 6.45) is 1.01. The molecule has 0 radical (unpaired) electrons. The molecule has 0 fully saturated rings. The molecular weight excluding hydrogens is 176 g/mol. The van der Waals surface area contributed by atoms with Crippen LogP contribution in [0.2, 0.25) is 0 Å². The van der Waals surface area contributed by atoms with Crippen molar-refractivity contribution < 1.29 is 4.52 Å². The highest BCUT2D eigenvalue weighted by Crippen LogP contribution is 2.18. The van der Waals surface area contributed by atoms with Crippen molar-refractivity contribution in [2.45, 2.75) is 20.3 Å². The van der Waals surface area contributed by atoms with Gasteiger partial charge in [-0.15, -0.1) is 0 Å². The van der Waals surface area contributed by atoms with E-state index in [1.54, 1.807) is 0 Å². The minimum atomic E-state index is 0.595. The summed E-state index contributed by atoms with van der Waals surface area (Å²) in [4.78, 5) is 4.18. The van der Waals surface area contributed by atoms with E-state index in [9.17, 15) is 0 Å². The number of aryl methyl sites for hydroxylation is 2. The van der Waals surface area contributed by atoms with Gasteiger partial charge in [-0.1, -0.05) is 24.2 Å². The number of aromatic nitrogens is 2. The average molecular weight is 188 g/mol. The SMILES string of the molecule is CCc1cccc(-c2nc(C)no2)c1. The van der Waals surface area contributed by atoms with E-state index >= 15 is 0 Å². The van der Waals surface area contributed by atoms with E-state index in [2.05, 4.69) is 29.2 Å². The van der Waals surface area contributed by atoms with Gasteiger partial charge in [-0.2, -0.15) is 4.98 Å². The molecule has 1 aromatic carbocycles. The zero-order valence-corrected chi connectivity index (χ0v) is 8.32. The fourth-order valence-electron chi connectivity index (χ4n) is 1.34. The highest BCUT2D eigenvalue weighted by atomic mass is 16.5. The molecule has 0 saturated heterocycles. The normalized spacial score (nSPS) is 10.4. The maximum Gasteiger partial charge on any atom is 0.257 e. The Morgan fingerprint density at radius 1 is 1.36 bits per heavy atom. The van der Waals surface area contributed by atoms with Gasteiger partial charge in [0.2, 0.25) is 0 Å². The number of hydrogen-bond acceptors (Lipinski definition) is 3. The van der Waals surface area contributed by atoms with Crippen molar-refractivity contribution in [2.24, 2.45) is 0 Å². The van der Waals surface area contributed by atoms with E-state index in [4.69, 9.17) is 4.52 Å². The van der Waals surface area contributed by atoms with Crippen molar-refractivity contribution in [3.63, 3.8) is 0 Å². The molecule has 0 unspecified atom stereocenters. The van der Waals surface area contributed by atoms with Crippen LogP contribution < -0.4 is 0 Å². The van der Waals surface area contributed by atoms with Crippen molar-refractivity contribution >= 4 is 0 Å². The molecular formula is C11H12N2O. The number of benzene rings is 1. The molecule has 0 amide bonds. The summed E-state index contributed by atoms with van der Waals surface area (Å²) < 4.78 is 5.09. The Balaban J connectivity index is 2.41. The van der Waals surface area contributed by atoms with Gasteiger partial charge in [0.1, 0.15) is 0 Å². The van der Waals surface area contributed by atoms with Gasteiger partial charge in [-0.25, -0.2) is 0 Å². The predicted octanol–water partition coefficient (Wildman–Crippen LogP) is 2.61. The monoisotopic (exact) mass is 188 g/mol. The lowest BCUT2D eigenvalue weighted by molar-refractivity contribution is 0.425. The standard InChI is InChI=1S/C11H12N2O/c1-3-9-5-4-6-10(7-9)11-12-8(2)13-14-11/h4-7H,3H2,1-2H3. The average Bonchev–Trinajstić information content (AvgIpc) is 2.65. The molecule has 0 saturated carbocycles. The minimum absolute atomic E-state index is 0.595. The first kappa shape index (κ1) is 8.94. The Morgan fingerprint density at radius 3 is 2.86 bits per heavy atom. The molecule has 14 heavy (non-hydrogen) atoms. The van der Waals surface area contributed by atoms with Crippen molar-refractivity contribution in [1.82, 2.24) is 10.1 Å². The lowest BCUT2D eigenvalue weighted by atomic mass is 10.1. The van der Waals surface area contributed by atoms with Gasteiger partial charge >= 0.3 is 0 Å². The summed E-state index contributed by atoms with van der Waals surface area (Å²) in [6.45, 7) is 3.94. The summed E-state index contributed by atoms with van der Waals surface area (Å²) in [5.74, 6) is 1.26. The summed E-state index contributed by atoms with van der Waals surface area (Å²) in [5, 5.41) is 3.76.